The van der Waals surface area contributed by atoms with E-state index < -0.39 is 0 Å². The van der Waals surface area contributed by atoms with Crippen molar-refractivity contribution in [3.8, 4) is 0 Å². The molecule has 0 aromatic rings. The van der Waals surface area contributed by atoms with Gasteiger partial charge in [0.25, 0.3) is 0 Å². The molecule has 18 heavy (non-hydrogen) atoms. The maximum Gasteiger partial charge on any atom is 0.0656 e. The molecule has 1 heteroatoms. The second kappa shape index (κ2) is 7.13. The first-order chi connectivity index (χ1) is 8.49. The molecule has 1 saturated carbocycles. The van der Waals surface area contributed by atoms with Gasteiger partial charge in [0, 0.05) is 5.41 Å². The molecule has 0 bridgehead atoms. The highest BCUT2D eigenvalue weighted by Crippen LogP contribution is 2.38. The molecular formula is C17H30O. The Morgan fingerprint density at radius 1 is 1.33 bits per heavy atom. The highest BCUT2D eigenvalue weighted by molar-refractivity contribution is 5.02. The molecule has 1 aliphatic rings. The molecule has 1 nitrogen and oxygen atoms in total. The molecule has 0 unspecified atom stereocenters. The van der Waals surface area contributed by atoms with E-state index in [9.17, 15) is 5.11 Å². The summed E-state index contributed by atoms with van der Waals surface area (Å²) in [6.45, 7) is 10.4. The lowest BCUT2D eigenvalue weighted by atomic mass is 9.70. The van der Waals surface area contributed by atoms with Crippen molar-refractivity contribution in [2.45, 2.75) is 71.8 Å². The molecular weight excluding hydrogens is 220 g/mol. The number of rotatable bonds is 6. The highest BCUT2D eigenvalue weighted by Gasteiger charge is 2.35. The van der Waals surface area contributed by atoms with Gasteiger partial charge in [0.15, 0.2) is 0 Å². The summed E-state index contributed by atoms with van der Waals surface area (Å²) in [7, 11) is 0. The van der Waals surface area contributed by atoms with Gasteiger partial charge in [-0.2, -0.15) is 0 Å². The van der Waals surface area contributed by atoms with Crippen LogP contribution in [-0.4, -0.2) is 11.2 Å². The topological polar surface area (TPSA) is 20.2 Å². The van der Waals surface area contributed by atoms with Gasteiger partial charge in [0.1, 0.15) is 0 Å². The summed E-state index contributed by atoms with van der Waals surface area (Å²) in [5.74, 6) is 0.480. The van der Waals surface area contributed by atoms with Crippen molar-refractivity contribution in [3.05, 3.63) is 24.3 Å². The summed E-state index contributed by atoms with van der Waals surface area (Å²) < 4.78 is 0. The molecule has 0 heterocycles. The Labute approximate surface area is 113 Å². The molecule has 0 aromatic carbocycles. The SMILES string of the molecule is C=C[C@@](C)(CCC=C(C)C)[C@H](O)C1CCCCC1. The van der Waals surface area contributed by atoms with Gasteiger partial charge in [-0.15, -0.1) is 6.58 Å². The van der Waals surface area contributed by atoms with Gasteiger partial charge in [-0.3, -0.25) is 0 Å². The van der Waals surface area contributed by atoms with Gasteiger partial charge in [-0.05, 0) is 45.4 Å². The number of aliphatic hydroxyl groups is 1. The van der Waals surface area contributed by atoms with Gasteiger partial charge in [-0.1, -0.05) is 43.9 Å². The Kier molecular flexibility index (Phi) is 6.14. The molecule has 1 N–H and O–H groups in total. The molecule has 1 rings (SSSR count). The fraction of sp³-hybridized carbons (Fsp3) is 0.765. The smallest absolute Gasteiger partial charge is 0.0656 e. The van der Waals surface area contributed by atoms with Gasteiger partial charge >= 0.3 is 0 Å². The maximum atomic E-state index is 10.7. The summed E-state index contributed by atoms with van der Waals surface area (Å²) in [5.41, 5.74) is 1.22. The average Bonchev–Trinajstić information content (AvgIpc) is 2.38. The van der Waals surface area contributed by atoms with Crippen LogP contribution >= 0.6 is 0 Å². The van der Waals surface area contributed by atoms with Crippen LogP contribution in [0.4, 0.5) is 0 Å². The van der Waals surface area contributed by atoms with Crippen molar-refractivity contribution in [1.29, 1.82) is 0 Å². The highest BCUT2D eigenvalue weighted by atomic mass is 16.3. The van der Waals surface area contributed by atoms with Crippen molar-refractivity contribution in [1.82, 2.24) is 0 Å². The number of hydrogen-bond acceptors (Lipinski definition) is 1. The minimum Gasteiger partial charge on any atom is -0.392 e. The number of allylic oxidation sites excluding steroid dienone is 2. The summed E-state index contributed by atoms with van der Waals surface area (Å²) in [5, 5.41) is 10.7. The van der Waals surface area contributed by atoms with Gasteiger partial charge < -0.3 is 5.11 Å². The third-order valence-electron chi connectivity index (χ3n) is 4.47. The maximum absolute atomic E-state index is 10.7. The van der Waals surface area contributed by atoms with Crippen molar-refractivity contribution < 1.29 is 5.11 Å². The van der Waals surface area contributed by atoms with Crippen LogP contribution in [0.1, 0.15) is 65.7 Å². The fourth-order valence-corrected chi connectivity index (χ4v) is 3.03. The zero-order valence-corrected chi connectivity index (χ0v) is 12.4. The second-order valence-corrected chi connectivity index (χ2v) is 6.37. The minimum atomic E-state index is -0.221. The largest absolute Gasteiger partial charge is 0.392 e. The van der Waals surface area contributed by atoms with Gasteiger partial charge in [-0.25, -0.2) is 0 Å². The van der Waals surface area contributed by atoms with Crippen LogP contribution in [0.25, 0.3) is 0 Å². The lowest BCUT2D eigenvalue weighted by Gasteiger charge is -2.38. The van der Waals surface area contributed by atoms with Crippen LogP contribution in [0.15, 0.2) is 24.3 Å². The summed E-state index contributed by atoms with van der Waals surface area (Å²) >= 11 is 0. The van der Waals surface area contributed by atoms with Crippen molar-refractivity contribution in [2.24, 2.45) is 11.3 Å². The zero-order chi connectivity index (χ0) is 13.6. The molecule has 0 aliphatic heterocycles. The van der Waals surface area contributed by atoms with Crippen molar-refractivity contribution in [2.75, 3.05) is 0 Å². The summed E-state index contributed by atoms with van der Waals surface area (Å²) in [4.78, 5) is 0. The zero-order valence-electron chi connectivity index (χ0n) is 12.4. The fourth-order valence-electron chi connectivity index (χ4n) is 3.03. The van der Waals surface area contributed by atoms with Crippen LogP contribution in [0.2, 0.25) is 0 Å². The molecule has 2 atom stereocenters. The van der Waals surface area contributed by atoms with E-state index in [2.05, 4.69) is 33.4 Å². The molecule has 0 spiro atoms. The van der Waals surface area contributed by atoms with Crippen LogP contribution in [0.5, 0.6) is 0 Å². The molecule has 0 saturated heterocycles. The first-order valence-electron chi connectivity index (χ1n) is 7.44. The molecule has 104 valence electrons. The number of hydrogen-bond donors (Lipinski definition) is 1. The Morgan fingerprint density at radius 3 is 2.44 bits per heavy atom. The van der Waals surface area contributed by atoms with E-state index in [1.807, 2.05) is 6.08 Å². The van der Waals surface area contributed by atoms with E-state index >= 15 is 0 Å². The van der Waals surface area contributed by atoms with E-state index in [0.717, 1.165) is 12.8 Å². The van der Waals surface area contributed by atoms with Crippen molar-refractivity contribution in [3.63, 3.8) is 0 Å². The standard InChI is InChI=1S/C17H30O/c1-5-17(4,13-9-10-14(2)3)16(18)15-11-7-6-8-12-15/h5,10,15-16,18H,1,6-9,11-13H2,2-4H3/t16-,17+/m1/s1. The van der Waals surface area contributed by atoms with E-state index in [1.54, 1.807) is 0 Å². The van der Waals surface area contributed by atoms with Crippen LogP contribution in [0, 0.1) is 11.3 Å². The predicted molar refractivity (Wildman–Crippen MR) is 79.6 cm³/mol. The Hall–Kier alpha value is -0.560. The Bertz CT molecular complexity index is 282. The van der Waals surface area contributed by atoms with Gasteiger partial charge in [0.05, 0.1) is 6.10 Å². The van der Waals surface area contributed by atoms with Crippen LogP contribution in [-0.2, 0) is 0 Å². The Morgan fingerprint density at radius 2 is 1.94 bits per heavy atom. The molecule has 1 fully saturated rings. The minimum absolute atomic E-state index is 0.131. The monoisotopic (exact) mass is 250 g/mol. The predicted octanol–water partition coefficient (Wildman–Crippen LogP) is 4.87. The van der Waals surface area contributed by atoms with Crippen LogP contribution < -0.4 is 0 Å². The first-order valence-corrected chi connectivity index (χ1v) is 7.44. The third kappa shape index (κ3) is 4.28. The quantitative estimate of drug-likeness (QED) is 0.667. The van der Waals surface area contributed by atoms with E-state index in [0.29, 0.717) is 5.92 Å². The van der Waals surface area contributed by atoms with Gasteiger partial charge in [0.2, 0.25) is 0 Å². The Balaban J connectivity index is 2.60. The van der Waals surface area contributed by atoms with Crippen molar-refractivity contribution >= 4 is 0 Å². The lowest BCUT2D eigenvalue weighted by molar-refractivity contribution is 0.000241. The number of aliphatic hydroxyl groups excluding tert-OH is 1. The normalized spacial score (nSPS) is 22.0. The van der Waals surface area contributed by atoms with Crippen LogP contribution in [0.3, 0.4) is 0 Å². The summed E-state index contributed by atoms with van der Waals surface area (Å²) in [6, 6.07) is 0. The van der Waals surface area contributed by atoms with E-state index in [1.165, 1.54) is 37.7 Å². The molecule has 0 aromatic heterocycles. The molecule has 0 amide bonds. The third-order valence-corrected chi connectivity index (χ3v) is 4.47. The van der Waals surface area contributed by atoms with E-state index in [-0.39, 0.29) is 11.5 Å². The summed E-state index contributed by atoms with van der Waals surface area (Å²) in [6.07, 6.45) is 12.3. The lowest BCUT2D eigenvalue weighted by Crippen LogP contribution is -2.37. The molecule has 1 aliphatic carbocycles. The average molecular weight is 250 g/mol. The van der Waals surface area contributed by atoms with E-state index in [4.69, 9.17) is 0 Å². The molecule has 0 radical (unpaired) electrons. The second-order valence-electron chi connectivity index (χ2n) is 6.37. The first kappa shape index (κ1) is 15.5.